The number of anilines is 1. The quantitative estimate of drug-likeness (QED) is 0.292. The molecular formula is C27H32F2N6O2. The molecule has 1 aromatic carbocycles. The molecule has 0 amide bonds. The van der Waals surface area contributed by atoms with Gasteiger partial charge < -0.3 is 20.6 Å². The molecule has 0 bridgehead atoms. The minimum atomic E-state index is -3.14. The van der Waals surface area contributed by atoms with Crippen LogP contribution in [0.25, 0.3) is 11.1 Å². The Kier molecular flexibility index (Phi) is 8.99. The summed E-state index contributed by atoms with van der Waals surface area (Å²) in [6.45, 7) is 2.65. The summed E-state index contributed by atoms with van der Waals surface area (Å²) in [5, 5.41) is 14.8. The maximum atomic E-state index is 11.7. The smallest absolute Gasteiger partial charge is 0.299 e. The molecule has 8 nitrogen and oxygen atoms in total. The van der Waals surface area contributed by atoms with Gasteiger partial charge in [-0.15, -0.1) is 0 Å². The highest BCUT2D eigenvalue weighted by Crippen LogP contribution is 2.38. The van der Waals surface area contributed by atoms with E-state index in [4.69, 9.17) is 10.2 Å². The normalized spacial score (nSPS) is 14.6. The fraction of sp³-hybridized carbons (Fsp3) is 0.370. The molecule has 3 N–H and O–H groups in total. The van der Waals surface area contributed by atoms with Crippen molar-refractivity contribution in [3.05, 3.63) is 76.2 Å². The number of nitrogens with zero attached hydrogens (tertiary/aromatic N) is 3. The van der Waals surface area contributed by atoms with Crippen LogP contribution in [0.5, 0.6) is 0 Å². The summed E-state index contributed by atoms with van der Waals surface area (Å²) in [6, 6.07) is 9.38. The summed E-state index contributed by atoms with van der Waals surface area (Å²) in [7, 11) is 3.67. The van der Waals surface area contributed by atoms with Gasteiger partial charge in [-0.3, -0.25) is 9.59 Å². The maximum absolute atomic E-state index is 11.7. The zero-order valence-corrected chi connectivity index (χ0v) is 21.3. The second-order valence-electron chi connectivity index (χ2n) is 9.24. The third-order valence-electron chi connectivity index (χ3n) is 6.09. The van der Waals surface area contributed by atoms with Crippen LogP contribution in [0.1, 0.15) is 55.6 Å². The van der Waals surface area contributed by atoms with E-state index in [2.05, 4.69) is 27.5 Å². The molecule has 0 radical (unpaired) electrons. The highest BCUT2D eigenvalue weighted by Gasteiger charge is 2.27. The third kappa shape index (κ3) is 7.60. The van der Waals surface area contributed by atoms with E-state index < -0.39 is 12.2 Å². The predicted molar refractivity (Wildman–Crippen MR) is 141 cm³/mol. The second kappa shape index (κ2) is 12.0. The first-order chi connectivity index (χ1) is 17.6. The summed E-state index contributed by atoms with van der Waals surface area (Å²) < 4.78 is 23.7. The summed E-state index contributed by atoms with van der Waals surface area (Å²) in [6.07, 6.45) is 8.94. The Bertz CT molecular complexity index is 1280. The van der Waals surface area contributed by atoms with Crippen molar-refractivity contribution in [2.45, 2.75) is 50.6 Å². The standard InChI is InChI=1S/C24H28N6O.C3H4F2O/c1-15(26-2)23(20-12-27-24(28-13-20)16-4-5-16)29-21-8-6-17(10-19(21)11-25)18-7-9-22(31)30(3)14-18;1-3(4,5)2-6/h6-16,23,25-26,29H,4-5H2,1-3H3;2H,1H3/t15-,23?;/m1./s1. The van der Waals surface area contributed by atoms with Crippen LogP contribution >= 0.6 is 0 Å². The molecule has 0 saturated heterocycles. The number of likely N-dealkylation sites (N-methyl/N-ethyl adjacent to an activating group) is 1. The molecule has 2 atom stereocenters. The Hall–Kier alpha value is -3.79. The lowest BCUT2D eigenvalue weighted by Crippen LogP contribution is -2.34. The van der Waals surface area contributed by atoms with Gasteiger partial charge in [-0.2, -0.15) is 8.78 Å². The van der Waals surface area contributed by atoms with Crippen molar-refractivity contribution in [3.8, 4) is 11.1 Å². The zero-order chi connectivity index (χ0) is 27.2. The minimum absolute atomic E-state index is 0.0480. The number of pyridine rings is 1. The van der Waals surface area contributed by atoms with Crippen LogP contribution in [0.4, 0.5) is 14.5 Å². The van der Waals surface area contributed by atoms with Gasteiger partial charge in [0.15, 0.2) is 6.29 Å². The van der Waals surface area contributed by atoms with Crippen LogP contribution in [0.2, 0.25) is 0 Å². The number of aromatic nitrogens is 3. The first-order valence-electron chi connectivity index (χ1n) is 12.0. The van der Waals surface area contributed by atoms with Gasteiger partial charge in [0.05, 0.1) is 6.04 Å². The van der Waals surface area contributed by atoms with Gasteiger partial charge in [-0.05, 0) is 56.1 Å². The van der Waals surface area contributed by atoms with E-state index in [1.165, 1.54) is 19.1 Å². The molecule has 0 spiro atoms. The molecule has 1 unspecified atom stereocenters. The number of hydrogen-bond acceptors (Lipinski definition) is 7. The van der Waals surface area contributed by atoms with Crippen LogP contribution in [-0.2, 0) is 11.8 Å². The molecule has 0 aliphatic heterocycles. The zero-order valence-electron chi connectivity index (χ0n) is 21.3. The third-order valence-corrected chi connectivity index (χ3v) is 6.09. The molecule has 10 heteroatoms. The number of aryl methyl sites for hydroxylation is 1. The molecule has 196 valence electrons. The summed E-state index contributed by atoms with van der Waals surface area (Å²) in [5.41, 5.74) is 4.48. The van der Waals surface area contributed by atoms with Gasteiger partial charge >= 0.3 is 0 Å². The van der Waals surface area contributed by atoms with Crippen molar-refractivity contribution < 1.29 is 13.6 Å². The lowest BCUT2D eigenvalue weighted by molar-refractivity contribution is -0.126. The van der Waals surface area contributed by atoms with Gasteiger partial charge in [0, 0.05) is 73.6 Å². The van der Waals surface area contributed by atoms with Gasteiger partial charge in [0.1, 0.15) is 5.82 Å². The van der Waals surface area contributed by atoms with E-state index in [-0.39, 0.29) is 17.6 Å². The molecule has 4 rings (SSSR count). The highest BCUT2D eigenvalue weighted by molar-refractivity contribution is 5.88. The Balaban J connectivity index is 0.000000568. The Labute approximate surface area is 214 Å². The van der Waals surface area contributed by atoms with Crippen LogP contribution in [0.15, 0.2) is 53.7 Å². The fourth-order valence-corrected chi connectivity index (χ4v) is 3.65. The first-order valence-corrected chi connectivity index (χ1v) is 12.0. The number of benzene rings is 1. The van der Waals surface area contributed by atoms with Crippen LogP contribution < -0.4 is 16.2 Å². The van der Waals surface area contributed by atoms with Crippen LogP contribution in [0.3, 0.4) is 0 Å². The summed E-state index contributed by atoms with van der Waals surface area (Å²) in [4.78, 5) is 29.9. The van der Waals surface area contributed by atoms with Crippen LogP contribution in [-0.4, -0.2) is 46.0 Å². The monoisotopic (exact) mass is 510 g/mol. The Morgan fingerprint density at radius 1 is 1.16 bits per heavy atom. The van der Waals surface area contributed by atoms with E-state index in [9.17, 15) is 13.6 Å². The average Bonchev–Trinajstić information content (AvgIpc) is 3.74. The highest BCUT2D eigenvalue weighted by atomic mass is 19.3. The molecular weight excluding hydrogens is 478 g/mol. The first kappa shape index (κ1) is 27.8. The van der Waals surface area contributed by atoms with Crippen molar-refractivity contribution in [2.75, 3.05) is 12.4 Å². The van der Waals surface area contributed by atoms with E-state index >= 15 is 0 Å². The Morgan fingerprint density at radius 3 is 2.30 bits per heavy atom. The van der Waals surface area contributed by atoms with Crippen LogP contribution in [0, 0.1) is 5.41 Å². The lowest BCUT2D eigenvalue weighted by Gasteiger charge is -2.27. The number of carbonyl (C=O) groups excluding carboxylic acids is 1. The molecule has 2 heterocycles. The maximum Gasteiger partial charge on any atom is 0.299 e. The largest absolute Gasteiger partial charge is 0.376 e. The fourth-order valence-electron chi connectivity index (χ4n) is 3.65. The summed E-state index contributed by atoms with van der Waals surface area (Å²) >= 11 is 0. The molecule has 1 saturated carbocycles. The topological polar surface area (TPSA) is 113 Å². The number of halogens is 2. The molecule has 3 aromatic rings. The molecule has 1 aliphatic carbocycles. The molecule has 1 fully saturated rings. The van der Waals surface area contributed by atoms with Crippen molar-refractivity contribution >= 4 is 18.2 Å². The molecule has 2 aromatic heterocycles. The van der Waals surface area contributed by atoms with Crippen molar-refractivity contribution in [1.29, 1.82) is 5.41 Å². The van der Waals surface area contributed by atoms with Crippen molar-refractivity contribution in [3.63, 3.8) is 0 Å². The number of alkyl halides is 2. The number of rotatable bonds is 9. The SMILES string of the molecule is CC(F)(F)C=O.CN[C@H](C)C(Nc1ccc(-c2ccc(=O)n(C)c2)cc1C=N)c1cnc(C2CC2)nc1. The molecule has 37 heavy (non-hydrogen) atoms. The van der Waals surface area contributed by atoms with Crippen molar-refractivity contribution in [1.82, 2.24) is 19.9 Å². The lowest BCUT2D eigenvalue weighted by atomic mass is 10.00. The number of nitrogens with one attached hydrogen (secondary N) is 3. The van der Waals surface area contributed by atoms with Gasteiger partial charge in [-0.1, -0.05) is 6.07 Å². The number of aldehydes is 1. The number of hydrogen-bond donors (Lipinski definition) is 3. The van der Waals surface area contributed by atoms with E-state index in [1.54, 1.807) is 17.7 Å². The second-order valence-corrected chi connectivity index (χ2v) is 9.24. The average molecular weight is 511 g/mol. The van der Waals surface area contributed by atoms with Gasteiger partial charge in [-0.25, -0.2) is 9.97 Å². The summed E-state index contributed by atoms with van der Waals surface area (Å²) in [5.74, 6) is -1.68. The van der Waals surface area contributed by atoms with Gasteiger partial charge in [0.25, 0.3) is 5.92 Å². The molecule has 1 aliphatic rings. The van der Waals surface area contributed by atoms with E-state index in [0.29, 0.717) is 12.8 Å². The van der Waals surface area contributed by atoms with E-state index in [0.717, 1.165) is 33.8 Å². The number of carbonyl (C=O) groups is 1. The van der Waals surface area contributed by atoms with Crippen molar-refractivity contribution in [2.24, 2.45) is 7.05 Å². The minimum Gasteiger partial charge on any atom is -0.376 e. The van der Waals surface area contributed by atoms with E-state index in [1.807, 2.05) is 49.9 Å². The predicted octanol–water partition coefficient (Wildman–Crippen LogP) is 4.32. The van der Waals surface area contributed by atoms with Gasteiger partial charge in [0.2, 0.25) is 5.56 Å². The Morgan fingerprint density at radius 2 is 1.78 bits per heavy atom.